The van der Waals surface area contributed by atoms with Crippen molar-refractivity contribution in [3.8, 4) is 0 Å². The van der Waals surface area contributed by atoms with Crippen LogP contribution in [0.3, 0.4) is 0 Å². The lowest BCUT2D eigenvalue weighted by atomic mass is 9.87. The number of amides is 2. The first-order valence-corrected chi connectivity index (χ1v) is 19.1. The Hall–Kier alpha value is -3.73. The molecule has 0 aliphatic carbocycles. The second-order valence-corrected chi connectivity index (χ2v) is 15.1. The fourth-order valence-electron chi connectivity index (χ4n) is 6.84. The van der Waals surface area contributed by atoms with Crippen molar-refractivity contribution in [1.29, 1.82) is 0 Å². The minimum Gasteiger partial charge on any atom is -0.346 e. The summed E-state index contributed by atoms with van der Waals surface area (Å²) >= 11 is 1.66. The van der Waals surface area contributed by atoms with Crippen molar-refractivity contribution in [2.45, 2.75) is 96.1 Å². The highest BCUT2D eigenvalue weighted by Crippen LogP contribution is 2.31. The average molecular weight is 702 g/mol. The fraction of sp³-hybridized carbons (Fsp3) is 0.525. The van der Waals surface area contributed by atoms with Gasteiger partial charge in [-0.15, -0.1) is 11.3 Å². The molecule has 4 rings (SSSR count). The van der Waals surface area contributed by atoms with Crippen molar-refractivity contribution >= 4 is 34.7 Å². The van der Waals surface area contributed by atoms with E-state index in [0.29, 0.717) is 51.2 Å². The molecule has 0 spiro atoms. The molecule has 0 unspecified atom stereocenters. The topological polar surface area (TPSA) is 148 Å². The molecule has 2 heterocycles. The largest absolute Gasteiger partial charge is 0.346 e. The van der Waals surface area contributed by atoms with E-state index in [4.69, 9.17) is 11.5 Å². The van der Waals surface area contributed by atoms with Gasteiger partial charge < -0.3 is 21.7 Å². The second-order valence-electron chi connectivity index (χ2n) is 14.2. The predicted molar refractivity (Wildman–Crippen MR) is 199 cm³/mol. The highest BCUT2D eigenvalue weighted by atomic mass is 32.1. The summed E-state index contributed by atoms with van der Waals surface area (Å²) in [7, 11) is 0. The van der Waals surface area contributed by atoms with E-state index in [0.717, 1.165) is 41.8 Å². The summed E-state index contributed by atoms with van der Waals surface area (Å²) in [6.45, 7) is 5.82. The van der Waals surface area contributed by atoms with Crippen molar-refractivity contribution in [3.05, 3.63) is 88.4 Å². The van der Waals surface area contributed by atoms with Crippen molar-refractivity contribution in [1.82, 2.24) is 15.2 Å². The lowest BCUT2D eigenvalue weighted by Crippen LogP contribution is -2.47. The van der Waals surface area contributed by atoms with Gasteiger partial charge in [0, 0.05) is 55.3 Å². The Bertz CT molecular complexity index is 1480. The van der Waals surface area contributed by atoms with Crippen LogP contribution in [-0.4, -0.2) is 65.0 Å². The lowest BCUT2D eigenvalue weighted by molar-refractivity contribution is -0.140. The highest BCUT2D eigenvalue weighted by Gasteiger charge is 2.34. The first kappa shape index (κ1) is 39.1. The molecule has 50 heavy (non-hydrogen) atoms. The number of nitrogens with zero attached hydrogens (tertiary/aromatic N) is 2. The van der Waals surface area contributed by atoms with Crippen LogP contribution in [0.5, 0.6) is 0 Å². The predicted octanol–water partition coefficient (Wildman–Crippen LogP) is 5.47. The van der Waals surface area contributed by atoms with E-state index in [9.17, 15) is 19.2 Å². The molecule has 270 valence electrons. The number of unbranched alkanes of at least 4 members (excludes halogenated alkanes) is 1. The van der Waals surface area contributed by atoms with E-state index in [1.807, 2.05) is 91.0 Å². The number of rotatable bonds is 20. The van der Waals surface area contributed by atoms with Gasteiger partial charge in [0.05, 0.1) is 17.1 Å². The molecular formula is C40H55N5O4S. The molecule has 1 saturated heterocycles. The Labute approximate surface area is 301 Å². The number of Topliss-reactive ketones (excluding diaryl/α,β-unsaturated/α-hetero) is 2. The smallest absolute Gasteiger partial charge is 0.226 e. The van der Waals surface area contributed by atoms with Gasteiger partial charge in [-0.25, -0.2) is 4.98 Å². The average Bonchev–Trinajstić information content (AvgIpc) is 3.66. The summed E-state index contributed by atoms with van der Waals surface area (Å²) in [5.41, 5.74) is 14.0. The van der Waals surface area contributed by atoms with Crippen molar-refractivity contribution < 1.29 is 19.2 Å². The standard InChI is InChI=1S/C40H55N5O4S/c1-28(2)23-35(37(47)26-32(15-9-10-18-41)40(49)45-20-16-31(17-21-45)39-43-19-22-50-39)44-38(48)33(24-29-11-5-3-6-12-29)27-36(46)34(42)25-30-13-7-4-8-14-30/h3-8,11-14,19,22,28,31-35H,9-10,15-18,20-21,23-27,41-42H2,1-2H3,(H,44,48)/t32-,33-,34+,35+/m0/s1. The third-order valence-corrected chi connectivity index (χ3v) is 10.6. The van der Waals surface area contributed by atoms with E-state index in [2.05, 4.69) is 10.3 Å². The van der Waals surface area contributed by atoms with Crippen molar-refractivity contribution in [2.75, 3.05) is 19.6 Å². The number of carbonyl (C=O) groups excluding carboxylic acids is 4. The van der Waals surface area contributed by atoms with Gasteiger partial charge in [0.15, 0.2) is 11.6 Å². The van der Waals surface area contributed by atoms with Crippen molar-refractivity contribution in [3.63, 3.8) is 0 Å². The maximum Gasteiger partial charge on any atom is 0.226 e. The van der Waals surface area contributed by atoms with E-state index in [1.54, 1.807) is 11.3 Å². The third kappa shape index (κ3) is 12.2. The van der Waals surface area contributed by atoms with Crippen LogP contribution in [0.4, 0.5) is 0 Å². The lowest BCUT2D eigenvalue weighted by Gasteiger charge is -2.34. The molecule has 2 amide bonds. The molecular weight excluding hydrogens is 647 g/mol. The van der Waals surface area contributed by atoms with Crippen molar-refractivity contribution in [2.24, 2.45) is 29.2 Å². The zero-order valence-electron chi connectivity index (χ0n) is 29.7. The number of thiazole rings is 1. The van der Waals surface area contributed by atoms with Gasteiger partial charge in [-0.1, -0.05) is 80.9 Å². The molecule has 1 aliphatic heterocycles. The van der Waals surface area contributed by atoms with Crippen LogP contribution < -0.4 is 16.8 Å². The second kappa shape index (κ2) is 20.2. The number of hydrogen-bond donors (Lipinski definition) is 3. The Morgan fingerprint density at radius 1 is 0.880 bits per heavy atom. The molecule has 0 radical (unpaired) electrons. The number of likely N-dealkylation sites (tertiary alicyclic amines) is 1. The molecule has 4 atom stereocenters. The highest BCUT2D eigenvalue weighted by molar-refractivity contribution is 7.09. The van der Waals surface area contributed by atoms with Crippen LogP contribution >= 0.6 is 11.3 Å². The fourth-order valence-corrected chi connectivity index (χ4v) is 7.65. The zero-order chi connectivity index (χ0) is 35.9. The zero-order valence-corrected chi connectivity index (χ0v) is 30.5. The van der Waals surface area contributed by atoms with E-state index in [1.165, 1.54) is 0 Å². The minimum atomic E-state index is -0.769. The summed E-state index contributed by atoms with van der Waals surface area (Å²) in [5.74, 6) is -1.39. The maximum absolute atomic E-state index is 14.1. The number of ketones is 2. The van der Waals surface area contributed by atoms with Gasteiger partial charge in [0.1, 0.15) is 0 Å². The van der Waals surface area contributed by atoms with Crippen LogP contribution in [0.2, 0.25) is 0 Å². The summed E-state index contributed by atoms with van der Waals surface area (Å²) in [6, 6.07) is 17.7. The van der Waals surface area contributed by atoms with Crippen LogP contribution in [0.1, 0.15) is 87.3 Å². The maximum atomic E-state index is 14.1. The molecule has 1 fully saturated rings. The Balaban J connectivity index is 1.45. The number of hydrogen-bond acceptors (Lipinski definition) is 8. The van der Waals surface area contributed by atoms with E-state index in [-0.39, 0.29) is 42.1 Å². The number of nitrogens with one attached hydrogen (secondary N) is 1. The van der Waals surface area contributed by atoms with E-state index >= 15 is 0 Å². The summed E-state index contributed by atoms with van der Waals surface area (Å²) in [5, 5.41) is 6.15. The summed E-state index contributed by atoms with van der Waals surface area (Å²) in [4.78, 5) is 61.8. The first-order chi connectivity index (χ1) is 24.1. The third-order valence-electron chi connectivity index (χ3n) is 9.68. The Morgan fingerprint density at radius 3 is 2.08 bits per heavy atom. The normalized spacial score (nSPS) is 16.1. The number of piperidine rings is 1. The molecule has 0 saturated carbocycles. The van der Waals surface area contributed by atoms with Crippen LogP contribution in [0.15, 0.2) is 72.2 Å². The van der Waals surface area contributed by atoms with Crippen LogP contribution in [0, 0.1) is 17.8 Å². The summed E-state index contributed by atoms with van der Waals surface area (Å²) < 4.78 is 0. The molecule has 10 heteroatoms. The quantitative estimate of drug-likeness (QED) is 0.132. The van der Waals surface area contributed by atoms with Crippen LogP contribution in [0.25, 0.3) is 0 Å². The van der Waals surface area contributed by atoms with Gasteiger partial charge in [0.2, 0.25) is 11.8 Å². The van der Waals surface area contributed by atoms with Gasteiger partial charge in [-0.3, -0.25) is 19.2 Å². The van der Waals surface area contributed by atoms with Gasteiger partial charge >= 0.3 is 0 Å². The summed E-state index contributed by atoms with van der Waals surface area (Å²) in [6.07, 6.45) is 6.81. The molecule has 3 aromatic rings. The van der Waals surface area contributed by atoms with Gasteiger partial charge in [-0.05, 0) is 68.5 Å². The molecule has 1 aliphatic rings. The number of benzene rings is 2. The molecule has 5 N–H and O–H groups in total. The number of carbonyl (C=O) groups is 4. The van der Waals surface area contributed by atoms with Gasteiger partial charge in [0.25, 0.3) is 0 Å². The molecule has 9 nitrogen and oxygen atoms in total. The molecule has 0 bridgehead atoms. The molecule has 1 aromatic heterocycles. The molecule has 2 aromatic carbocycles. The monoisotopic (exact) mass is 701 g/mol. The number of nitrogens with two attached hydrogens (primary N) is 2. The van der Waals surface area contributed by atoms with Gasteiger partial charge in [-0.2, -0.15) is 0 Å². The Morgan fingerprint density at radius 2 is 1.50 bits per heavy atom. The Kier molecular flexibility index (Phi) is 15.8. The van der Waals surface area contributed by atoms with E-state index < -0.39 is 23.9 Å². The number of aromatic nitrogens is 1. The first-order valence-electron chi connectivity index (χ1n) is 18.2. The van der Waals surface area contributed by atoms with Crippen LogP contribution in [-0.2, 0) is 32.0 Å². The minimum absolute atomic E-state index is 0.00235. The SMILES string of the molecule is CC(C)C[C@@H](NC(=O)[C@H](CC(=O)[C@H](N)Cc1ccccc1)Cc1ccccc1)C(=O)C[C@H](CCCCN)C(=O)N1CCC(c2nccs2)CC1.